The number of sulfonamides is 1. The van der Waals surface area contributed by atoms with Crippen molar-refractivity contribution in [2.75, 3.05) is 24.2 Å². The molecule has 1 N–H and O–H groups in total. The summed E-state index contributed by atoms with van der Waals surface area (Å²) in [5.74, 6) is -0.175. The van der Waals surface area contributed by atoms with Crippen molar-refractivity contribution in [2.24, 2.45) is 0 Å². The van der Waals surface area contributed by atoms with Gasteiger partial charge in [-0.05, 0) is 62.1 Å². The first-order valence-corrected chi connectivity index (χ1v) is 14.1. The van der Waals surface area contributed by atoms with Crippen LogP contribution in [0.2, 0.25) is 5.02 Å². The van der Waals surface area contributed by atoms with Crippen molar-refractivity contribution >= 4 is 39.1 Å². The van der Waals surface area contributed by atoms with E-state index in [1.807, 2.05) is 26.8 Å². The highest BCUT2D eigenvalue weighted by molar-refractivity contribution is 7.92. The van der Waals surface area contributed by atoms with E-state index in [-0.39, 0.29) is 18.5 Å². The molecule has 0 unspecified atom stereocenters. The van der Waals surface area contributed by atoms with Gasteiger partial charge in [0.25, 0.3) is 0 Å². The van der Waals surface area contributed by atoms with Gasteiger partial charge in [0.15, 0.2) is 0 Å². The molecule has 0 spiro atoms. The summed E-state index contributed by atoms with van der Waals surface area (Å²) in [6.07, 6.45) is 2.13. The third-order valence-electron chi connectivity index (χ3n) is 5.99. The summed E-state index contributed by atoms with van der Waals surface area (Å²) >= 11 is 6.14. The number of hydrogen-bond acceptors (Lipinski definition) is 5. The highest BCUT2D eigenvalue weighted by Gasteiger charge is 2.32. The molecule has 0 radical (unpaired) electrons. The minimum Gasteiger partial charge on any atom is -0.497 e. The number of carbonyl (C=O) groups excluding carboxylic acids is 2. The monoisotopic (exact) mass is 537 g/mol. The maximum atomic E-state index is 13.8. The Morgan fingerprint density at radius 1 is 1.11 bits per heavy atom. The van der Waals surface area contributed by atoms with Gasteiger partial charge < -0.3 is 15.0 Å². The number of aryl methyl sites for hydroxylation is 1. The number of halogens is 1. The third kappa shape index (κ3) is 7.86. The van der Waals surface area contributed by atoms with Crippen LogP contribution in [0.25, 0.3) is 0 Å². The van der Waals surface area contributed by atoms with Gasteiger partial charge in [0.2, 0.25) is 21.8 Å². The smallest absolute Gasteiger partial charge is 0.244 e. The van der Waals surface area contributed by atoms with E-state index in [9.17, 15) is 18.0 Å². The molecule has 0 aliphatic heterocycles. The molecule has 2 aromatic carbocycles. The zero-order valence-corrected chi connectivity index (χ0v) is 23.3. The fraction of sp³-hybridized carbons (Fsp3) is 0.462. The van der Waals surface area contributed by atoms with Crippen molar-refractivity contribution in [1.82, 2.24) is 10.2 Å². The van der Waals surface area contributed by atoms with Gasteiger partial charge in [0.1, 0.15) is 18.3 Å². The van der Waals surface area contributed by atoms with E-state index in [1.54, 1.807) is 44.4 Å². The maximum absolute atomic E-state index is 13.8. The molecule has 2 aromatic rings. The molecular weight excluding hydrogens is 502 g/mol. The molecule has 8 nitrogen and oxygen atoms in total. The fourth-order valence-corrected chi connectivity index (χ4v) is 4.84. The third-order valence-corrected chi connectivity index (χ3v) is 7.35. The van der Waals surface area contributed by atoms with Crippen LogP contribution in [0.5, 0.6) is 5.75 Å². The summed E-state index contributed by atoms with van der Waals surface area (Å²) in [7, 11) is -2.29. The summed E-state index contributed by atoms with van der Waals surface area (Å²) in [5.41, 5.74) is 1.72. The second-order valence-electron chi connectivity index (χ2n) is 8.82. The number of anilines is 1. The average Bonchev–Trinajstić information content (AvgIpc) is 2.83. The second-order valence-corrected chi connectivity index (χ2v) is 11.2. The van der Waals surface area contributed by atoms with Crippen LogP contribution >= 0.6 is 11.6 Å². The molecule has 0 aliphatic rings. The van der Waals surface area contributed by atoms with Crippen molar-refractivity contribution in [3.05, 3.63) is 58.6 Å². The highest BCUT2D eigenvalue weighted by atomic mass is 35.5. The molecule has 36 heavy (non-hydrogen) atoms. The van der Waals surface area contributed by atoms with Crippen LogP contribution in [0.4, 0.5) is 5.69 Å². The Bertz CT molecular complexity index is 1170. The molecule has 2 atom stereocenters. The number of ether oxygens (including phenoxy) is 1. The Morgan fingerprint density at radius 2 is 1.81 bits per heavy atom. The Kier molecular flexibility index (Phi) is 10.6. The first-order chi connectivity index (χ1) is 16.9. The van der Waals surface area contributed by atoms with Gasteiger partial charge >= 0.3 is 0 Å². The van der Waals surface area contributed by atoms with Crippen molar-refractivity contribution < 1.29 is 22.7 Å². The van der Waals surface area contributed by atoms with Crippen LogP contribution in [0.15, 0.2) is 42.5 Å². The SMILES string of the molecule is CC[C@H](C(=O)N[C@@H](C)CC)N(Cc1cccc(OC)c1)C(=O)CN(c1cc(Cl)ccc1C)S(C)(=O)=O. The minimum absolute atomic E-state index is 0.0676. The van der Waals surface area contributed by atoms with E-state index in [2.05, 4.69) is 5.32 Å². The predicted molar refractivity (Wildman–Crippen MR) is 144 cm³/mol. The summed E-state index contributed by atoms with van der Waals surface area (Å²) in [4.78, 5) is 28.4. The van der Waals surface area contributed by atoms with Crippen molar-refractivity contribution in [3.63, 3.8) is 0 Å². The number of nitrogens with one attached hydrogen (secondary N) is 1. The zero-order valence-electron chi connectivity index (χ0n) is 21.7. The molecule has 0 heterocycles. The minimum atomic E-state index is -3.84. The van der Waals surface area contributed by atoms with Crippen LogP contribution in [-0.4, -0.2) is 57.1 Å². The van der Waals surface area contributed by atoms with Gasteiger partial charge in [-0.3, -0.25) is 13.9 Å². The fourth-order valence-electron chi connectivity index (χ4n) is 3.77. The molecule has 2 rings (SSSR count). The van der Waals surface area contributed by atoms with Gasteiger partial charge in [-0.1, -0.05) is 43.6 Å². The Hall–Kier alpha value is -2.78. The predicted octanol–water partition coefficient (Wildman–Crippen LogP) is 4.15. The molecule has 198 valence electrons. The Morgan fingerprint density at radius 3 is 2.39 bits per heavy atom. The standard InChI is InChI=1S/C26H36ClN3O5S/c1-7-19(4)28-26(32)23(8-2)29(16-20-10-9-11-22(14-20)35-5)25(31)17-30(36(6,33)34)24-15-21(27)13-12-18(24)3/h9-15,19,23H,7-8,16-17H2,1-6H3,(H,28,32)/t19-,23+/m0/s1. The van der Waals surface area contributed by atoms with E-state index < -0.39 is 28.5 Å². The molecule has 0 saturated heterocycles. The highest BCUT2D eigenvalue weighted by Crippen LogP contribution is 2.27. The maximum Gasteiger partial charge on any atom is 0.244 e. The summed E-state index contributed by atoms with van der Waals surface area (Å²) < 4.78 is 31.9. The summed E-state index contributed by atoms with van der Waals surface area (Å²) in [6.45, 7) is 7.05. The van der Waals surface area contributed by atoms with E-state index in [4.69, 9.17) is 16.3 Å². The lowest BCUT2D eigenvalue weighted by Crippen LogP contribution is -2.53. The van der Waals surface area contributed by atoms with Gasteiger partial charge in [-0.2, -0.15) is 0 Å². The summed E-state index contributed by atoms with van der Waals surface area (Å²) in [6, 6.07) is 11.2. The lowest BCUT2D eigenvalue weighted by molar-refractivity contribution is -0.140. The van der Waals surface area contributed by atoms with Gasteiger partial charge in [0.05, 0.1) is 19.1 Å². The number of nitrogens with zero attached hydrogens (tertiary/aromatic N) is 2. The average molecular weight is 538 g/mol. The van der Waals surface area contributed by atoms with Gasteiger partial charge in [-0.25, -0.2) is 8.42 Å². The number of hydrogen-bond donors (Lipinski definition) is 1. The van der Waals surface area contributed by atoms with Crippen LogP contribution < -0.4 is 14.4 Å². The first-order valence-electron chi connectivity index (χ1n) is 11.9. The lowest BCUT2D eigenvalue weighted by atomic mass is 10.1. The Labute approximate surface area is 219 Å². The van der Waals surface area contributed by atoms with Crippen LogP contribution in [0, 0.1) is 6.92 Å². The molecule has 0 bridgehead atoms. The number of carbonyl (C=O) groups is 2. The topological polar surface area (TPSA) is 96.0 Å². The van der Waals surface area contributed by atoms with E-state index in [0.717, 1.165) is 22.5 Å². The number of amides is 2. The van der Waals surface area contributed by atoms with Crippen molar-refractivity contribution in [3.8, 4) is 5.75 Å². The van der Waals surface area contributed by atoms with Crippen molar-refractivity contribution in [1.29, 1.82) is 0 Å². The van der Waals surface area contributed by atoms with E-state index in [1.165, 1.54) is 11.0 Å². The van der Waals surface area contributed by atoms with Crippen molar-refractivity contribution in [2.45, 2.75) is 59.2 Å². The zero-order chi connectivity index (χ0) is 27.0. The molecular formula is C26H36ClN3O5S. The quantitative estimate of drug-likeness (QED) is 0.439. The normalized spacial score (nSPS) is 13.0. The lowest BCUT2D eigenvalue weighted by Gasteiger charge is -2.33. The van der Waals surface area contributed by atoms with E-state index >= 15 is 0 Å². The van der Waals surface area contributed by atoms with Crippen LogP contribution in [0.3, 0.4) is 0 Å². The molecule has 2 amide bonds. The number of methoxy groups -OCH3 is 1. The van der Waals surface area contributed by atoms with E-state index in [0.29, 0.717) is 28.4 Å². The van der Waals surface area contributed by atoms with Gasteiger partial charge in [-0.15, -0.1) is 0 Å². The molecule has 10 heteroatoms. The molecule has 0 saturated carbocycles. The Balaban J connectivity index is 2.50. The summed E-state index contributed by atoms with van der Waals surface area (Å²) in [5, 5.41) is 3.30. The van der Waals surface area contributed by atoms with Crippen LogP contribution in [0.1, 0.15) is 44.7 Å². The van der Waals surface area contributed by atoms with Gasteiger partial charge in [0, 0.05) is 17.6 Å². The van der Waals surface area contributed by atoms with Crippen LogP contribution in [-0.2, 0) is 26.2 Å². The molecule has 0 fully saturated rings. The largest absolute Gasteiger partial charge is 0.497 e. The number of rotatable bonds is 12. The molecule has 0 aliphatic carbocycles. The first kappa shape index (κ1) is 29.5. The number of benzene rings is 2. The second kappa shape index (κ2) is 13.0. The molecule has 0 aromatic heterocycles.